The molecular weight excluding hydrogens is 106 g/mol. The molecule has 0 fully saturated rings. The molecule has 3 nitrogen and oxygen atoms in total. The predicted molar refractivity (Wildman–Crippen MR) is 29.0 cm³/mol. The zero-order valence-corrected chi connectivity index (χ0v) is 4.55. The standard InChI is InChI=1S/C5H7NO2/c1-2-3-5(8)6-4-7/h2-4H,1H3,(H,6,7,8)/b3-2-. The van der Waals surface area contributed by atoms with Gasteiger partial charge in [-0.3, -0.25) is 14.9 Å². The topological polar surface area (TPSA) is 46.2 Å². The first-order chi connectivity index (χ1) is 3.81. The number of hydrogen-bond donors (Lipinski definition) is 1. The Morgan fingerprint density at radius 3 is 2.62 bits per heavy atom. The van der Waals surface area contributed by atoms with E-state index < -0.39 is 0 Å². The molecule has 0 unspecified atom stereocenters. The second-order valence-electron chi connectivity index (χ2n) is 1.13. The molecule has 0 aromatic heterocycles. The van der Waals surface area contributed by atoms with Gasteiger partial charge in [0.15, 0.2) is 0 Å². The molecule has 0 aliphatic carbocycles. The minimum Gasteiger partial charge on any atom is -0.295 e. The van der Waals surface area contributed by atoms with Gasteiger partial charge in [-0.05, 0) is 13.0 Å². The third-order valence-corrected chi connectivity index (χ3v) is 0.519. The SMILES string of the molecule is C/C=C\C(=O)NC=O. The van der Waals surface area contributed by atoms with Gasteiger partial charge in [0.2, 0.25) is 12.3 Å². The first-order valence-corrected chi connectivity index (χ1v) is 2.18. The van der Waals surface area contributed by atoms with Crippen molar-refractivity contribution in [1.29, 1.82) is 0 Å². The molecule has 3 heteroatoms. The van der Waals surface area contributed by atoms with Crippen LogP contribution in [0.4, 0.5) is 0 Å². The lowest BCUT2D eigenvalue weighted by Crippen LogP contribution is -2.17. The van der Waals surface area contributed by atoms with Crippen molar-refractivity contribution in [1.82, 2.24) is 5.32 Å². The average Bonchev–Trinajstić information content (AvgIpc) is 1.68. The fourth-order valence-corrected chi connectivity index (χ4v) is 0.258. The number of rotatable bonds is 2. The van der Waals surface area contributed by atoms with Gasteiger partial charge in [-0.15, -0.1) is 0 Å². The van der Waals surface area contributed by atoms with Crippen molar-refractivity contribution < 1.29 is 9.59 Å². The van der Waals surface area contributed by atoms with E-state index in [2.05, 4.69) is 0 Å². The van der Waals surface area contributed by atoms with Crippen LogP contribution < -0.4 is 5.32 Å². The highest BCUT2D eigenvalue weighted by Crippen LogP contribution is 1.66. The van der Waals surface area contributed by atoms with Crippen molar-refractivity contribution in [2.24, 2.45) is 0 Å². The molecule has 0 aliphatic heterocycles. The predicted octanol–water partition coefficient (Wildman–Crippen LogP) is -0.165. The summed E-state index contributed by atoms with van der Waals surface area (Å²) in [4.78, 5) is 19.7. The largest absolute Gasteiger partial charge is 0.295 e. The van der Waals surface area contributed by atoms with Crippen molar-refractivity contribution in [2.45, 2.75) is 6.92 Å². The van der Waals surface area contributed by atoms with Gasteiger partial charge in [-0.25, -0.2) is 0 Å². The zero-order chi connectivity index (χ0) is 6.41. The lowest BCUT2D eigenvalue weighted by molar-refractivity contribution is -0.121. The second-order valence-corrected chi connectivity index (χ2v) is 1.13. The van der Waals surface area contributed by atoms with Crippen LogP contribution in [0.5, 0.6) is 0 Å². The van der Waals surface area contributed by atoms with Gasteiger partial charge in [-0.1, -0.05) is 6.08 Å². The molecule has 1 N–H and O–H groups in total. The van der Waals surface area contributed by atoms with Crippen LogP contribution in [0, 0.1) is 0 Å². The number of carbonyl (C=O) groups excluding carboxylic acids is 2. The first kappa shape index (κ1) is 6.88. The van der Waals surface area contributed by atoms with Crippen molar-refractivity contribution in [3.8, 4) is 0 Å². The number of amides is 2. The smallest absolute Gasteiger partial charge is 0.249 e. The van der Waals surface area contributed by atoms with E-state index in [9.17, 15) is 9.59 Å². The maximum atomic E-state index is 10.2. The Bertz CT molecular complexity index is 118. The summed E-state index contributed by atoms with van der Waals surface area (Å²) >= 11 is 0. The van der Waals surface area contributed by atoms with Gasteiger partial charge in [0.25, 0.3) is 0 Å². The van der Waals surface area contributed by atoms with E-state index in [0.29, 0.717) is 6.41 Å². The Labute approximate surface area is 47.4 Å². The maximum absolute atomic E-state index is 10.2. The van der Waals surface area contributed by atoms with E-state index in [1.807, 2.05) is 5.32 Å². The fourth-order valence-electron chi connectivity index (χ4n) is 0.258. The Hall–Kier alpha value is -1.12. The average molecular weight is 113 g/mol. The molecule has 2 amide bonds. The fraction of sp³-hybridized carbons (Fsp3) is 0.200. The summed E-state index contributed by atoms with van der Waals surface area (Å²) in [6.45, 7) is 1.70. The van der Waals surface area contributed by atoms with Gasteiger partial charge in [0.1, 0.15) is 0 Å². The summed E-state index contributed by atoms with van der Waals surface area (Å²) < 4.78 is 0. The van der Waals surface area contributed by atoms with Crippen LogP contribution in [-0.4, -0.2) is 12.3 Å². The summed E-state index contributed by atoms with van der Waals surface area (Å²) in [5.41, 5.74) is 0. The van der Waals surface area contributed by atoms with Gasteiger partial charge in [-0.2, -0.15) is 0 Å². The molecule has 0 atom stereocenters. The van der Waals surface area contributed by atoms with Crippen LogP contribution in [0.1, 0.15) is 6.92 Å². The van der Waals surface area contributed by atoms with Gasteiger partial charge in [0.05, 0.1) is 0 Å². The molecule has 0 aromatic rings. The highest BCUT2D eigenvalue weighted by atomic mass is 16.2. The van der Waals surface area contributed by atoms with E-state index in [-0.39, 0.29) is 5.91 Å². The van der Waals surface area contributed by atoms with E-state index in [4.69, 9.17) is 0 Å². The van der Waals surface area contributed by atoms with Crippen molar-refractivity contribution in [3.63, 3.8) is 0 Å². The normalized spacial score (nSPS) is 9.12. The number of nitrogens with one attached hydrogen (secondary N) is 1. The second kappa shape index (κ2) is 4.05. The molecule has 44 valence electrons. The lowest BCUT2D eigenvalue weighted by atomic mass is 10.5. The van der Waals surface area contributed by atoms with Crippen LogP contribution >= 0.6 is 0 Å². The van der Waals surface area contributed by atoms with Crippen molar-refractivity contribution in [3.05, 3.63) is 12.2 Å². The minimum absolute atomic E-state index is 0.350. The Kier molecular flexibility index (Phi) is 3.48. The van der Waals surface area contributed by atoms with Crippen LogP contribution in [0.2, 0.25) is 0 Å². The number of carbonyl (C=O) groups is 2. The molecule has 0 spiro atoms. The molecule has 0 aliphatic rings. The van der Waals surface area contributed by atoms with Crippen molar-refractivity contribution >= 4 is 12.3 Å². The van der Waals surface area contributed by atoms with Gasteiger partial charge >= 0.3 is 0 Å². The van der Waals surface area contributed by atoms with E-state index in [1.165, 1.54) is 6.08 Å². The Morgan fingerprint density at radius 1 is 1.62 bits per heavy atom. The van der Waals surface area contributed by atoms with Crippen LogP contribution in [0.15, 0.2) is 12.2 Å². The highest BCUT2D eigenvalue weighted by molar-refractivity contribution is 5.94. The van der Waals surface area contributed by atoms with E-state index in [1.54, 1.807) is 13.0 Å². The first-order valence-electron chi connectivity index (χ1n) is 2.18. The third kappa shape index (κ3) is 3.08. The quantitative estimate of drug-likeness (QED) is 0.399. The summed E-state index contributed by atoms with van der Waals surface area (Å²) in [6, 6.07) is 0. The molecule has 0 saturated heterocycles. The monoisotopic (exact) mass is 113 g/mol. The molecule has 0 aromatic carbocycles. The molecule has 0 heterocycles. The van der Waals surface area contributed by atoms with E-state index in [0.717, 1.165) is 0 Å². The zero-order valence-electron chi connectivity index (χ0n) is 4.55. The van der Waals surface area contributed by atoms with Crippen LogP contribution in [-0.2, 0) is 9.59 Å². The van der Waals surface area contributed by atoms with Crippen molar-refractivity contribution in [2.75, 3.05) is 0 Å². The number of imide groups is 1. The maximum Gasteiger partial charge on any atom is 0.249 e. The van der Waals surface area contributed by atoms with Gasteiger partial charge in [0, 0.05) is 0 Å². The van der Waals surface area contributed by atoms with Crippen LogP contribution in [0.3, 0.4) is 0 Å². The molecule has 0 bridgehead atoms. The lowest BCUT2D eigenvalue weighted by Gasteiger charge is -1.83. The molecule has 0 radical (unpaired) electrons. The molecule has 8 heavy (non-hydrogen) atoms. The van der Waals surface area contributed by atoms with Crippen LogP contribution in [0.25, 0.3) is 0 Å². The molecule has 0 saturated carbocycles. The van der Waals surface area contributed by atoms with E-state index >= 15 is 0 Å². The minimum atomic E-state index is -0.387. The molecule has 0 rings (SSSR count). The summed E-state index contributed by atoms with van der Waals surface area (Å²) in [6.07, 6.45) is 3.18. The van der Waals surface area contributed by atoms with Gasteiger partial charge < -0.3 is 0 Å². The Balaban J connectivity index is 3.48. The molecular formula is C5H7NO2. The Morgan fingerprint density at radius 2 is 2.25 bits per heavy atom. The highest BCUT2D eigenvalue weighted by Gasteiger charge is 1.85. The summed E-state index contributed by atoms with van der Waals surface area (Å²) in [5.74, 6) is -0.387. The summed E-state index contributed by atoms with van der Waals surface area (Å²) in [5, 5.41) is 1.94. The number of hydrogen-bond acceptors (Lipinski definition) is 2. The number of allylic oxidation sites excluding steroid dienone is 1. The summed E-state index contributed by atoms with van der Waals surface area (Å²) in [7, 11) is 0. The third-order valence-electron chi connectivity index (χ3n) is 0.519.